The third kappa shape index (κ3) is 5.64. The predicted molar refractivity (Wildman–Crippen MR) is 182 cm³/mol. The molecule has 0 unspecified atom stereocenters. The number of carbonyl (C=O) groups is 1. The van der Waals surface area contributed by atoms with E-state index in [0.29, 0.717) is 49.1 Å². The number of alkyl halides is 1. The van der Waals surface area contributed by atoms with Gasteiger partial charge in [0, 0.05) is 75.0 Å². The van der Waals surface area contributed by atoms with Gasteiger partial charge < -0.3 is 14.5 Å². The van der Waals surface area contributed by atoms with Gasteiger partial charge in [-0.1, -0.05) is 30.3 Å². The molecule has 262 valence electrons. The van der Waals surface area contributed by atoms with Crippen molar-refractivity contribution in [3.63, 3.8) is 0 Å². The van der Waals surface area contributed by atoms with Gasteiger partial charge in [0.05, 0.1) is 10.9 Å². The highest BCUT2D eigenvalue weighted by Crippen LogP contribution is 2.41. The van der Waals surface area contributed by atoms with Crippen LogP contribution in [0.3, 0.4) is 0 Å². The van der Waals surface area contributed by atoms with E-state index in [1.165, 1.54) is 18.3 Å². The third-order valence-electron chi connectivity index (χ3n) is 11.2. The van der Waals surface area contributed by atoms with Crippen molar-refractivity contribution in [2.24, 2.45) is 0 Å². The second-order valence-corrected chi connectivity index (χ2v) is 14.2. The van der Waals surface area contributed by atoms with Gasteiger partial charge >= 0.3 is 6.01 Å². The molecule has 4 aliphatic heterocycles. The van der Waals surface area contributed by atoms with Crippen LogP contribution < -0.4 is 9.64 Å². The van der Waals surface area contributed by atoms with Crippen LogP contribution in [0.5, 0.6) is 6.01 Å². The molecule has 0 radical (unpaired) electrons. The molecule has 0 spiro atoms. The lowest BCUT2D eigenvalue weighted by atomic mass is 9.95. The summed E-state index contributed by atoms with van der Waals surface area (Å²) in [6.07, 6.45) is 7.83. The Hall–Kier alpha value is -4.36. The van der Waals surface area contributed by atoms with Crippen molar-refractivity contribution < 1.29 is 27.1 Å². The van der Waals surface area contributed by atoms with Crippen LogP contribution in [0.2, 0.25) is 0 Å². The van der Waals surface area contributed by atoms with E-state index in [1.807, 2.05) is 25.1 Å². The van der Waals surface area contributed by atoms with Crippen molar-refractivity contribution in [3.8, 4) is 17.3 Å². The number of hydrogen-bond donors (Lipinski definition) is 0. The van der Waals surface area contributed by atoms with Gasteiger partial charge in [0.15, 0.2) is 17.5 Å². The number of nitrogens with zero attached hydrogens (tertiary/aromatic N) is 7. The number of halogens is 4. The van der Waals surface area contributed by atoms with Crippen LogP contribution in [-0.4, -0.2) is 113 Å². The SMILES string of the molecule is CN1CC[C@H]1/C=C/C(=O)N1CC[C@@H](N(C)c2nc(OC[C@@]34CCCN3C[C@H](F)C4)nc3c(F)c(-c4cccc5ccc(F)c(F)c45)ncc23)C1. The molecule has 4 atom stereocenters. The first-order valence-corrected chi connectivity index (χ1v) is 17.3. The summed E-state index contributed by atoms with van der Waals surface area (Å²) >= 11 is 0. The lowest BCUT2D eigenvalue weighted by Gasteiger charge is -2.35. The largest absolute Gasteiger partial charge is 0.461 e. The second kappa shape index (κ2) is 12.8. The van der Waals surface area contributed by atoms with Crippen LogP contribution in [-0.2, 0) is 4.79 Å². The Morgan fingerprint density at radius 1 is 1.08 bits per heavy atom. The van der Waals surface area contributed by atoms with Crippen molar-refractivity contribution in [2.75, 3.05) is 58.3 Å². The number of benzene rings is 2. The molecule has 0 aliphatic carbocycles. The zero-order chi connectivity index (χ0) is 34.7. The highest BCUT2D eigenvalue weighted by atomic mass is 19.2. The molecule has 9 nitrogen and oxygen atoms in total. The van der Waals surface area contributed by atoms with E-state index in [9.17, 15) is 13.6 Å². The third-order valence-corrected chi connectivity index (χ3v) is 11.2. The monoisotopic (exact) mass is 689 g/mol. The first kappa shape index (κ1) is 32.8. The number of ether oxygens (including phenoxy) is 1. The van der Waals surface area contributed by atoms with E-state index in [1.54, 1.807) is 23.1 Å². The summed E-state index contributed by atoms with van der Waals surface area (Å²) in [7, 11) is 3.86. The van der Waals surface area contributed by atoms with E-state index in [2.05, 4.69) is 19.8 Å². The highest BCUT2D eigenvalue weighted by Gasteiger charge is 2.49. The van der Waals surface area contributed by atoms with E-state index in [0.717, 1.165) is 38.4 Å². The average Bonchev–Trinajstić information content (AvgIpc) is 3.83. The fourth-order valence-corrected chi connectivity index (χ4v) is 8.21. The van der Waals surface area contributed by atoms with Crippen LogP contribution >= 0.6 is 0 Å². The highest BCUT2D eigenvalue weighted by molar-refractivity contribution is 5.99. The summed E-state index contributed by atoms with van der Waals surface area (Å²) in [4.78, 5) is 34.7. The predicted octanol–water partition coefficient (Wildman–Crippen LogP) is 5.51. The molecule has 50 heavy (non-hydrogen) atoms. The molecule has 2 aromatic carbocycles. The van der Waals surface area contributed by atoms with Crippen molar-refractivity contribution in [1.82, 2.24) is 29.7 Å². The average molecular weight is 690 g/mol. The molecule has 4 aromatic rings. The van der Waals surface area contributed by atoms with Crippen molar-refractivity contribution in [1.29, 1.82) is 0 Å². The van der Waals surface area contributed by atoms with Crippen molar-refractivity contribution >= 4 is 33.4 Å². The normalized spacial score (nSPS) is 25.6. The summed E-state index contributed by atoms with van der Waals surface area (Å²) in [5.41, 5.74) is -0.681. The van der Waals surface area contributed by atoms with Gasteiger partial charge in [0.2, 0.25) is 5.91 Å². The molecule has 1 amide bonds. The van der Waals surface area contributed by atoms with Gasteiger partial charge in [-0.3, -0.25) is 19.6 Å². The number of pyridine rings is 1. The van der Waals surface area contributed by atoms with Crippen LogP contribution in [0, 0.1) is 17.5 Å². The number of aromatic nitrogens is 3. The summed E-state index contributed by atoms with van der Waals surface area (Å²) in [5, 5.41) is 0.612. The lowest BCUT2D eigenvalue weighted by molar-refractivity contribution is -0.125. The minimum Gasteiger partial charge on any atom is -0.461 e. The van der Waals surface area contributed by atoms with E-state index >= 15 is 8.78 Å². The lowest BCUT2D eigenvalue weighted by Crippen LogP contribution is -2.43. The van der Waals surface area contributed by atoms with Gasteiger partial charge in [0.25, 0.3) is 0 Å². The fourth-order valence-electron chi connectivity index (χ4n) is 8.21. The molecular weight excluding hydrogens is 650 g/mol. The van der Waals surface area contributed by atoms with E-state index in [4.69, 9.17) is 9.72 Å². The van der Waals surface area contributed by atoms with E-state index in [-0.39, 0.29) is 52.8 Å². The molecule has 4 saturated heterocycles. The van der Waals surface area contributed by atoms with Crippen LogP contribution in [0.4, 0.5) is 23.4 Å². The minimum atomic E-state index is -1.09. The molecule has 0 saturated carbocycles. The van der Waals surface area contributed by atoms with Gasteiger partial charge in [-0.05, 0) is 50.7 Å². The summed E-state index contributed by atoms with van der Waals surface area (Å²) in [6, 6.07) is 7.27. The maximum atomic E-state index is 16.7. The standard InChI is InChI=1S/C37H39F4N7O2/c1-45-15-11-24(45)8-10-29(49)47-16-12-25(20-47)46(2)35-27-18-42-33(26-6-3-5-22-7-9-28(39)31(40)30(22)26)32(41)34(27)43-36(44-35)50-21-37-13-4-14-48(37)19-23(38)17-37/h3,5-10,18,23-25H,4,11-17,19-21H2,1-2H3/b10-8+/t23-,24-,25-,37+/m1/s1. The number of hydrogen-bond acceptors (Lipinski definition) is 8. The zero-order valence-electron chi connectivity index (χ0n) is 28.1. The molecule has 4 aliphatic rings. The van der Waals surface area contributed by atoms with Gasteiger partial charge in [-0.15, -0.1) is 0 Å². The van der Waals surface area contributed by atoms with Gasteiger partial charge in [0.1, 0.15) is 29.8 Å². The molecular formula is C37H39F4N7O2. The van der Waals surface area contributed by atoms with E-state index < -0.39 is 29.2 Å². The number of carbonyl (C=O) groups excluding carboxylic acids is 1. The maximum absolute atomic E-state index is 16.7. The first-order valence-electron chi connectivity index (χ1n) is 17.3. The Morgan fingerprint density at radius 2 is 1.94 bits per heavy atom. The molecule has 6 heterocycles. The molecule has 0 N–H and O–H groups in total. The Kier molecular flexibility index (Phi) is 8.37. The Labute approximate surface area is 287 Å². The number of rotatable bonds is 8. The van der Waals surface area contributed by atoms with Crippen LogP contribution in [0.15, 0.2) is 48.7 Å². The van der Waals surface area contributed by atoms with Gasteiger partial charge in [-0.25, -0.2) is 17.6 Å². The smallest absolute Gasteiger partial charge is 0.319 e. The zero-order valence-corrected chi connectivity index (χ0v) is 28.1. The molecule has 4 fully saturated rings. The van der Waals surface area contributed by atoms with Gasteiger partial charge in [-0.2, -0.15) is 9.97 Å². The Balaban J connectivity index is 1.16. The number of likely N-dealkylation sites (tertiary alicyclic amines) is 2. The number of fused-ring (bicyclic) bond motifs is 3. The first-order chi connectivity index (χ1) is 24.1. The maximum Gasteiger partial charge on any atom is 0.319 e. The molecule has 13 heteroatoms. The number of anilines is 1. The molecule has 0 bridgehead atoms. The van der Waals surface area contributed by atoms with Crippen LogP contribution in [0.1, 0.15) is 32.1 Å². The number of likely N-dealkylation sites (N-methyl/N-ethyl adjacent to an activating group) is 2. The summed E-state index contributed by atoms with van der Waals surface area (Å²) in [6.45, 7) is 3.28. The van der Waals surface area contributed by atoms with Crippen molar-refractivity contribution in [3.05, 3.63) is 66.1 Å². The Morgan fingerprint density at radius 3 is 2.74 bits per heavy atom. The number of amides is 1. The second-order valence-electron chi connectivity index (χ2n) is 14.2. The summed E-state index contributed by atoms with van der Waals surface area (Å²) in [5.74, 6) is -2.67. The minimum absolute atomic E-state index is 0.0583. The Bertz CT molecular complexity index is 2010. The quantitative estimate of drug-likeness (QED) is 0.177. The summed E-state index contributed by atoms with van der Waals surface area (Å²) < 4.78 is 67.0. The fraction of sp³-hybridized carbons (Fsp3) is 0.459. The van der Waals surface area contributed by atoms with Crippen molar-refractivity contribution in [2.45, 2.75) is 55.9 Å². The van der Waals surface area contributed by atoms with Crippen LogP contribution in [0.25, 0.3) is 32.9 Å². The topological polar surface area (TPSA) is 77.9 Å². The molecule has 8 rings (SSSR count). The molecule has 2 aromatic heterocycles.